The molecule has 0 spiro atoms. The number of aromatic nitrogens is 1. The lowest BCUT2D eigenvalue weighted by Crippen LogP contribution is -1.89. The lowest BCUT2D eigenvalue weighted by molar-refractivity contribution is 1.17. The minimum Gasteiger partial charge on any atom is -0.324 e. The molecule has 0 aliphatic rings. The van der Waals surface area contributed by atoms with Gasteiger partial charge in [0.2, 0.25) is 0 Å². The summed E-state index contributed by atoms with van der Waals surface area (Å²) in [5, 5.41) is 0. The lowest BCUT2D eigenvalue weighted by Gasteiger charge is -2.06. The van der Waals surface area contributed by atoms with Crippen LogP contribution >= 0.6 is 11.8 Å². The fourth-order valence-corrected chi connectivity index (χ4v) is 2.24. The number of hydrogen-bond acceptors (Lipinski definition) is 1. The number of rotatable bonds is 3. The standard InChI is InChI=1S/C14H15NS/c1-4-15-10-9-11(2)14(15)12-5-7-13(16-3)8-6-12/h4-10H,1H2,2-3H3. The second-order valence-corrected chi connectivity index (χ2v) is 4.55. The van der Waals surface area contributed by atoms with Gasteiger partial charge in [0, 0.05) is 17.3 Å². The molecular formula is C14H15NS. The van der Waals surface area contributed by atoms with E-state index in [0.29, 0.717) is 0 Å². The van der Waals surface area contributed by atoms with Gasteiger partial charge in [0.05, 0.1) is 5.69 Å². The summed E-state index contributed by atoms with van der Waals surface area (Å²) < 4.78 is 2.06. The Bertz CT molecular complexity index is 494. The zero-order chi connectivity index (χ0) is 11.5. The summed E-state index contributed by atoms with van der Waals surface area (Å²) in [7, 11) is 0. The SMILES string of the molecule is C=Cn1ccc(C)c1-c1ccc(SC)cc1. The first kappa shape index (κ1) is 11.1. The molecule has 2 heteroatoms. The fraction of sp³-hybridized carbons (Fsp3) is 0.143. The smallest absolute Gasteiger partial charge is 0.0551 e. The van der Waals surface area contributed by atoms with E-state index in [2.05, 4.69) is 54.7 Å². The predicted molar refractivity (Wildman–Crippen MR) is 72.8 cm³/mol. The molecule has 1 heterocycles. The Labute approximate surface area is 101 Å². The Hall–Kier alpha value is -1.41. The van der Waals surface area contributed by atoms with Gasteiger partial charge in [-0.3, -0.25) is 0 Å². The molecule has 0 bridgehead atoms. The normalized spacial score (nSPS) is 10.4. The van der Waals surface area contributed by atoms with Gasteiger partial charge in [0.25, 0.3) is 0 Å². The van der Waals surface area contributed by atoms with Gasteiger partial charge in [-0.15, -0.1) is 11.8 Å². The molecule has 16 heavy (non-hydrogen) atoms. The Kier molecular flexibility index (Phi) is 3.20. The van der Waals surface area contributed by atoms with Crippen LogP contribution in [0.15, 0.2) is 48.0 Å². The highest BCUT2D eigenvalue weighted by Crippen LogP contribution is 2.26. The maximum absolute atomic E-state index is 3.82. The van der Waals surface area contributed by atoms with Crippen LogP contribution in [0.2, 0.25) is 0 Å². The largest absolute Gasteiger partial charge is 0.324 e. The molecule has 82 valence electrons. The number of benzene rings is 1. The maximum Gasteiger partial charge on any atom is 0.0551 e. The van der Waals surface area contributed by atoms with E-state index in [9.17, 15) is 0 Å². The van der Waals surface area contributed by atoms with E-state index in [0.717, 1.165) is 0 Å². The molecule has 0 fully saturated rings. The molecule has 0 atom stereocenters. The Balaban J connectivity index is 2.49. The number of hydrogen-bond donors (Lipinski definition) is 0. The summed E-state index contributed by atoms with van der Waals surface area (Å²) in [6, 6.07) is 10.7. The van der Waals surface area contributed by atoms with E-state index in [4.69, 9.17) is 0 Å². The van der Waals surface area contributed by atoms with Gasteiger partial charge in [-0.2, -0.15) is 0 Å². The summed E-state index contributed by atoms with van der Waals surface area (Å²) in [5.41, 5.74) is 3.74. The minimum atomic E-state index is 1.22. The first-order chi connectivity index (χ1) is 7.76. The third kappa shape index (κ3) is 1.93. The molecule has 0 unspecified atom stereocenters. The van der Waals surface area contributed by atoms with Gasteiger partial charge in [0.15, 0.2) is 0 Å². The van der Waals surface area contributed by atoms with Gasteiger partial charge < -0.3 is 4.57 Å². The molecule has 0 N–H and O–H groups in total. The van der Waals surface area contributed by atoms with Crippen molar-refractivity contribution in [2.45, 2.75) is 11.8 Å². The van der Waals surface area contributed by atoms with Crippen molar-refractivity contribution in [3.05, 3.63) is 48.7 Å². The van der Waals surface area contributed by atoms with Crippen LogP contribution in [0.3, 0.4) is 0 Å². The van der Waals surface area contributed by atoms with E-state index < -0.39 is 0 Å². The summed E-state index contributed by atoms with van der Waals surface area (Å²) in [6.07, 6.45) is 5.97. The topological polar surface area (TPSA) is 4.93 Å². The van der Waals surface area contributed by atoms with Crippen molar-refractivity contribution in [1.82, 2.24) is 4.57 Å². The molecule has 2 rings (SSSR count). The third-order valence-corrected chi connectivity index (χ3v) is 3.42. The van der Waals surface area contributed by atoms with Crippen molar-refractivity contribution in [3.63, 3.8) is 0 Å². The van der Waals surface area contributed by atoms with Crippen LogP contribution in [0.4, 0.5) is 0 Å². The lowest BCUT2D eigenvalue weighted by atomic mass is 10.1. The van der Waals surface area contributed by atoms with Gasteiger partial charge in [-0.1, -0.05) is 18.7 Å². The summed E-state index contributed by atoms with van der Waals surface area (Å²) >= 11 is 1.76. The number of aryl methyl sites for hydroxylation is 1. The van der Waals surface area contributed by atoms with Gasteiger partial charge in [0.1, 0.15) is 0 Å². The Morgan fingerprint density at radius 1 is 1.19 bits per heavy atom. The van der Waals surface area contributed by atoms with E-state index in [-0.39, 0.29) is 0 Å². The van der Waals surface area contributed by atoms with Crippen LogP contribution in [-0.2, 0) is 0 Å². The molecular weight excluding hydrogens is 214 g/mol. The van der Waals surface area contributed by atoms with E-state index in [1.165, 1.54) is 21.7 Å². The molecule has 0 aliphatic heterocycles. The molecule has 0 saturated heterocycles. The van der Waals surface area contributed by atoms with Gasteiger partial charge in [-0.05, 0) is 42.5 Å². The first-order valence-corrected chi connectivity index (χ1v) is 6.43. The molecule has 0 radical (unpaired) electrons. The molecule has 2 aromatic rings. The maximum atomic E-state index is 3.82. The van der Waals surface area contributed by atoms with E-state index in [1.54, 1.807) is 11.8 Å². The molecule has 0 aliphatic carbocycles. The Morgan fingerprint density at radius 2 is 1.88 bits per heavy atom. The van der Waals surface area contributed by atoms with E-state index >= 15 is 0 Å². The van der Waals surface area contributed by atoms with Crippen LogP contribution in [-0.4, -0.2) is 10.8 Å². The monoisotopic (exact) mass is 229 g/mol. The first-order valence-electron chi connectivity index (χ1n) is 5.20. The molecule has 1 nitrogen and oxygen atoms in total. The van der Waals surface area contributed by atoms with Crippen molar-refractivity contribution < 1.29 is 0 Å². The minimum absolute atomic E-state index is 1.22. The summed E-state index contributed by atoms with van der Waals surface area (Å²) in [6.45, 7) is 5.95. The summed E-state index contributed by atoms with van der Waals surface area (Å²) in [5.74, 6) is 0. The van der Waals surface area contributed by atoms with Gasteiger partial charge in [-0.25, -0.2) is 0 Å². The zero-order valence-corrected chi connectivity index (χ0v) is 10.4. The van der Waals surface area contributed by atoms with Crippen molar-refractivity contribution >= 4 is 18.0 Å². The Morgan fingerprint density at radius 3 is 2.44 bits per heavy atom. The highest BCUT2D eigenvalue weighted by Gasteiger charge is 2.06. The molecule has 1 aromatic heterocycles. The summed E-state index contributed by atoms with van der Waals surface area (Å²) in [4.78, 5) is 1.29. The second kappa shape index (κ2) is 4.62. The van der Waals surface area contributed by atoms with Crippen LogP contribution < -0.4 is 0 Å². The van der Waals surface area contributed by atoms with Crippen molar-refractivity contribution in [1.29, 1.82) is 0 Å². The number of thioether (sulfide) groups is 1. The zero-order valence-electron chi connectivity index (χ0n) is 9.60. The molecule has 0 saturated carbocycles. The van der Waals surface area contributed by atoms with Crippen LogP contribution in [0.25, 0.3) is 17.5 Å². The average molecular weight is 229 g/mol. The molecule has 1 aromatic carbocycles. The molecule has 0 amide bonds. The van der Waals surface area contributed by atoms with Crippen molar-refractivity contribution in [2.24, 2.45) is 0 Å². The third-order valence-electron chi connectivity index (χ3n) is 2.68. The fourth-order valence-electron chi connectivity index (χ4n) is 1.83. The van der Waals surface area contributed by atoms with Crippen molar-refractivity contribution in [3.8, 4) is 11.3 Å². The predicted octanol–water partition coefficient (Wildman–Crippen LogP) is 4.29. The highest BCUT2D eigenvalue weighted by atomic mass is 32.2. The van der Waals surface area contributed by atoms with Crippen LogP contribution in [0.1, 0.15) is 5.56 Å². The second-order valence-electron chi connectivity index (χ2n) is 3.67. The van der Waals surface area contributed by atoms with E-state index in [1.807, 2.05) is 12.4 Å². The average Bonchev–Trinajstić information content (AvgIpc) is 2.70. The van der Waals surface area contributed by atoms with Gasteiger partial charge >= 0.3 is 0 Å². The quantitative estimate of drug-likeness (QED) is 0.711. The number of nitrogens with zero attached hydrogens (tertiary/aromatic N) is 1. The van der Waals surface area contributed by atoms with Crippen LogP contribution in [0, 0.1) is 6.92 Å². The highest BCUT2D eigenvalue weighted by molar-refractivity contribution is 7.98. The van der Waals surface area contributed by atoms with Crippen LogP contribution in [0.5, 0.6) is 0 Å². The van der Waals surface area contributed by atoms with Crippen molar-refractivity contribution in [2.75, 3.05) is 6.26 Å².